The van der Waals surface area contributed by atoms with Gasteiger partial charge in [-0.25, -0.2) is 9.97 Å². The highest BCUT2D eigenvalue weighted by molar-refractivity contribution is 7.13. The van der Waals surface area contributed by atoms with Gasteiger partial charge in [0.25, 0.3) is 0 Å². The number of aliphatic hydroxyl groups excluding tert-OH is 1. The maximum Gasteiger partial charge on any atom is 0.180 e. The minimum Gasteiger partial charge on any atom is -0.395 e. The Hall–Kier alpha value is -1.92. The van der Waals surface area contributed by atoms with Gasteiger partial charge in [0, 0.05) is 18.3 Å². The first-order valence-corrected chi connectivity index (χ1v) is 6.91. The molecule has 3 aromatic rings. The lowest BCUT2D eigenvalue weighted by Gasteiger charge is -2.05. The van der Waals surface area contributed by atoms with E-state index in [9.17, 15) is 5.11 Å². The molecule has 3 rings (SSSR count). The van der Waals surface area contributed by atoms with E-state index in [1.165, 1.54) is 11.3 Å². The zero-order valence-corrected chi connectivity index (χ0v) is 11.1. The number of hydrogen-bond acceptors (Lipinski definition) is 5. The summed E-state index contributed by atoms with van der Waals surface area (Å²) in [5.41, 5.74) is 8.53. The molecule has 0 amide bonds. The molecular weight excluding hydrogens is 260 g/mol. The Balaban J connectivity index is 2.04. The van der Waals surface area contributed by atoms with Crippen LogP contribution in [0.25, 0.3) is 11.0 Å². The Bertz CT molecular complexity index is 704. The molecule has 0 atom stereocenters. The van der Waals surface area contributed by atoms with Crippen molar-refractivity contribution in [3.8, 4) is 0 Å². The number of hydrogen-bond donors (Lipinski definition) is 2. The Morgan fingerprint density at radius 2 is 2.11 bits per heavy atom. The maximum atomic E-state index is 9.21. The second-order valence-electron chi connectivity index (χ2n) is 4.25. The summed E-state index contributed by atoms with van der Waals surface area (Å²) >= 11 is 1.43. The first-order chi connectivity index (χ1) is 9.28. The average molecular weight is 274 g/mol. The Kier molecular flexibility index (Phi) is 3.18. The highest BCUT2D eigenvalue weighted by Gasteiger charge is 2.11. The van der Waals surface area contributed by atoms with Crippen molar-refractivity contribution >= 4 is 27.5 Å². The van der Waals surface area contributed by atoms with Crippen molar-refractivity contribution in [3.05, 3.63) is 41.2 Å². The van der Waals surface area contributed by atoms with Gasteiger partial charge in [0.15, 0.2) is 5.13 Å². The van der Waals surface area contributed by atoms with Gasteiger partial charge in [-0.3, -0.25) is 0 Å². The van der Waals surface area contributed by atoms with Crippen LogP contribution in [0.2, 0.25) is 0 Å². The van der Waals surface area contributed by atoms with Crippen LogP contribution in [-0.2, 0) is 13.0 Å². The molecule has 3 N–H and O–H groups in total. The van der Waals surface area contributed by atoms with Gasteiger partial charge >= 0.3 is 0 Å². The third kappa shape index (κ3) is 2.32. The number of aliphatic hydroxyl groups is 1. The van der Waals surface area contributed by atoms with E-state index in [4.69, 9.17) is 5.73 Å². The highest BCUT2D eigenvalue weighted by atomic mass is 32.1. The van der Waals surface area contributed by atoms with Crippen molar-refractivity contribution in [1.82, 2.24) is 14.5 Å². The van der Waals surface area contributed by atoms with Crippen LogP contribution in [0.3, 0.4) is 0 Å². The van der Waals surface area contributed by atoms with E-state index < -0.39 is 0 Å². The number of anilines is 1. The summed E-state index contributed by atoms with van der Waals surface area (Å²) in [5, 5.41) is 11.7. The monoisotopic (exact) mass is 274 g/mol. The highest BCUT2D eigenvalue weighted by Crippen LogP contribution is 2.20. The fourth-order valence-corrected chi connectivity index (χ4v) is 2.74. The van der Waals surface area contributed by atoms with E-state index in [2.05, 4.69) is 9.97 Å². The van der Waals surface area contributed by atoms with Crippen LogP contribution < -0.4 is 5.73 Å². The van der Waals surface area contributed by atoms with Crippen LogP contribution >= 0.6 is 11.3 Å². The van der Waals surface area contributed by atoms with Crippen LogP contribution in [0.15, 0.2) is 29.6 Å². The largest absolute Gasteiger partial charge is 0.395 e. The number of aromatic nitrogens is 3. The SMILES string of the molecule is Nc1nc(Cc2nc3ccccc3n2CCO)cs1. The van der Waals surface area contributed by atoms with Gasteiger partial charge in [0.2, 0.25) is 0 Å². The molecule has 0 saturated heterocycles. The first-order valence-electron chi connectivity index (χ1n) is 6.03. The van der Waals surface area contributed by atoms with Crippen LogP contribution in [0, 0.1) is 0 Å². The van der Waals surface area contributed by atoms with Crippen LogP contribution in [0.1, 0.15) is 11.5 Å². The first kappa shape index (κ1) is 12.1. The van der Waals surface area contributed by atoms with Crippen molar-refractivity contribution in [2.75, 3.05) is 12.3 Å². The molecule has 2 aromatic heterocycles. The van der Waals surface area contributed by atoms with Gasteiger partial charge in [-0.1, -0.05) is 12.1 Å². The smallest absolute Gasteiger partial charge is 0.180 e. The van der Waals surface area contributed by atoms with Crippen molar-refractivity contribution in [1.29, 1.82) is 0 Å². The molecule has 6 heteroatoms. The molecule has 0 unspecified atom stereocenters. The lowest BCUT2D eigenvalue weighted by molar-refractivity contribution is 0.276. The topological polar surface area (TPSA) is 77.0 Å². The number of nitrogen functional groups attached to an aromatic ring is 1. The second-order valence-corrected chi connectivity index (χ2v) is 5.14. The molecule has 0 aliphatic heterocycles. The number of fused-ring (bicyclic) bond motifs is 1. The summed E-state index contributed by atoms with van der Waals surface area (Å²) in [6.45, 7) is 0.627. The predicted molar refractivity (Wildman–Crippen MR) is 76.2 cm³/mol. The molecule has 0 radical (unpaired) electrons. The van der Waals surface area contributed by atoms with Gasteiger partial charge in [-0.05, 0) is 12.1 Å². The predicted octanol–water partition coefficient (Wildman–Crippen LogP) is 1.66. The zero-order chi connectivity index (χ0) is 13.2. The van der Waals surface area contributed by atoms with Gasteiger partial charge < -0.3 is 15.4 Å². The molecular formula is C13H14N4OS. The number of rotatable bonds is 4. The Morgan fingerprint density at radius 3 is 2.84 bits per heavy atom. The average Bonchev–Trinajstić information content (AvgIpc) is 2.96. The van der Waals surface area contributed by atoms with E-state index in [1.54, 1.807) is 0 Å². The fourth-order valence-electron chi connectivity index (χ4n) is 2.18. The summed E-state index contributed by atoms with van der Waals surface area (Å²) in [6, 6.07) is 7.92. The van der Waals surface area contributed by atoms with Gasteiger partial charge in [-0.15, -0.1) is 11.3 Å². The normalized spacial score (nSPS) is 11.2. The van der Waals surface area contributed by atoms with Crippen molar-refractivity contribution in [2.45, 2.75) is 13.0 Å². The lowest BCUT2D eigenvalue weighted by atomic mass is 10.3. The number of benzene rings is 1. The number of nitrogens with two attached hydrogens (primary N) is 1. The van der Waals surface area contributed by atoms with E-state index in [-0.39, 0.29) is 6.61 Å². The molecule has 1 aromatic carbocycles. The van der Waals surface area contributed by atoms with E-state index in [0.717, 1.165) is 22.6 Å². The Labute approximate surface area is 114 Å². The fraction of sp³-hybridized carbons (Fsp3) is 0.231. The minimum absolute atomic E-state index is 0.0898. The molecule has 0 saturated carbocycles. The maximum absolute atomic E-state index is 9.21. The molecule has 2 heterocycles. The number of nitrogens with zero attached hydrogens (tertiary/aromatic N) is 3. The Morgan fingerprint density at radius 1 is 1.26 bits per heavy atom. The number of para-hydroxylation sites is 2. The zero-order valence-electron chi connectivity index (χ0n) is 10.3. The van der Waals surface area contributed by atoms with Gasteiger partial charge in [0.1, 0.15) is 5.82 Å². The molecule has 0 bridgehead atoms. The summed E-state index contributed by atoms with van der Waals surface area (Å²) < 4.78 is 2.03. The summed E-state index contributed by atoms with van der Waals surface area (Å²) in [5.74, 6) is 0.903. The molecule has 0 fully saturated rings. The minimum atomic E-state index is 0.0898. The number of imidazole rings is 1. The lowest BCUT2D eigenvalue weighted by Crippen LogP contribution is -2.07. The van der Waals surface area contributed by atoms with E-state index in [0.29, 0.717) is 18.1 Å². The van der Waals surface area contributed by atoms with Gasteiger partial charge in [0.05, 0.1) is 23.3 Å². The molecule has 5 nitrogen and oxygen atoms in total. The molecule has 19 heavy (non-hydrogen) atoms. The van der Waals surface area contributed by atoms with Crippen molar-refractivity contribution in [2.24, 2.45) is 0 Å². The van der Waals surface area contributed by atoms with Crippen LogP contribution in [0.4, 0.5) is 5.13 Å². The summed E-state index contributed by atoms with van der Waals surface area (Å²) in [7, 11) is 0. The summed E-state index contributed by atoms with van der Waals surface area (Å²) in [4.78, 5) is 8.87. The molecule has 98 valence electrons. The van der Waals surface area contributed by atoms with E-state index >= 15 is 0 Å². The molecule has 0 spiro atoms. The summed E-state index contributed by atoms with van der Waals surface area (Å²) in [6.07, 6.45) is 0.627. The van der Waals surface area contributed by atoms with Crippen LogP contribution in [-0.4, -0.2) is 26.2 Å². The molecule has 0 aliphatic rings. The van der Waals surface area contributed by atoms with Crippen molar-refractivity contribution in [3.63, 3.8) is 0 Å². The van der Waals surface area contributed by atoms with E-state index in [1.807, 2.05) is 34.2 Å². The standard InChI is InChI=1S/C13H14N4OS/c14-13-15-9(8-19-13)7-12-16-10-3-1-2-4-11(10)17(12)5-6-18/h1-4,8,18H,5-7H2,(H2,14,15). The second kappa shape index (κ2) is 4.99. The quantitative estimate of drug-likeness (QED) is 0.758. The van der Waals surface area contributed by atoms with Gasteiger partial charge in [-0.2, -0.15) is 0 Å². The molecule has 0 aliphatic carbocycles. The third-order valence-electron chi connectivity index (χ3n) is 2.97. The third-order valence-corrected chi connectivity index (χ3v) is 3.69. The van der Waals surface area contributed by atoms with Crippen LogP contribution in [0.5, 0.6) is 0 Å². The number of thiazole rings is 1. The van der Waals surface area contributed by atoms with Crippen molar-refractivity contribution < 1.29 is 5.11 Å².